The van der Waals surface area contributed by atoms with Crippen molar-refractivity contribution >= 4 is 5.91 Å². The standard InChI is InChI=1S/C13H17FN2O2.C2H6/c1-16(2)13(17)11-3-5-12(6-4-11)18-9-10(7-14)8-15;1-2/h3-7H,8-9,15H2,1-2H3;1-2H3/b10-7-;. The minimum absolute atomic E-state index is 0.0761. The minimum atomic E-state index is -0.0761. The second-order valence-electron chi connectivity index (χ2n) is 3.98. The van der Waals surface area contributed by atoms with E-state index in [1.54, 1.807) is 38.4 Å². The van der Waals surface area contributed by atoms with Crippen LogP contribution in [0.3, 0.4) is 0 Å². The average molecular weight is 282 g/mol. The summed E-state index contributed by atoms with van der Waals surface area (Å²) >= 11 is 0. The van der Waals surface area contributed by atoms with Gasteiger partial charge >= 0.3 is 0 Å². The molecule has 1 amide bonds. The summed E-state index contributed by atoms with van der Waals surface area (Å²) in [5.41, 5.74) is 6.26. The van der Waals surface area contributed by atoms with Crippen LogP contribution in [0.1, 0.15) is 24.2 Å². The van der Waals surface area contributed by atoms with Gasteiger partial charge < -0.3 is 15.4 Å². The van der Waals surface area contributed by atoms with Gasteiger partial charge in [0.05, 0.1) is 6.33 Å². The van der Waals surface area contributed by atoms with Crippen molar-refractivity contribution in [2.24, 2.45) is 5.73 Å². The van der Waals surface area contributed by atoms with E-state index in [0.717, 1.165) is 0 Å². The van der Waals surface area contributed by atoms with Gasteiger partial charge in [-0.2, -0.15) is 0 Å². The van der Waals surface area contributed by atoms with Crippen molar-refractivity contribution in [1.29, 1.82) is 0 Å². The highest BCUT2D eigenvalue weighted by atomic mass is 19.1. The van der Waals surface area contributed by atoms with Crippen LogP contribution in [0.2, 0.25) is 0 Å². The molecule has 0 saturated heterocycles. The summed E-state index contributed by atoms with van der Waals surface area (Å²) < 4.78 is 17.6. The van der Waals surface area contributed by atoms with E-state index in [4.69, 9.17) is 10.5 Å². The summed E-state index contributed by atoms with van der Waals surface area (Å²) in [6.07, 6.45) is 0.448. The van der Waals surface area contributed by atoms with Crippen LogP contribution in [-0.4, -0.2) is 38.1 Å². The third-order valence-electron chi connectivity index (χ3n) is 2.35. The maximum Gasteiger partial charge on any atom is 0.253 e. The SMILES string of the molecule is CC.CN(C)C(=O)c1ccc(OC/C(=C\F)CN)cc1. The molecule has 1 rings (SSSR count). The van der Waals surface area contributed by atoms with Crippen molar-refractivity contribution in [3.8, 4) is 5.75 Å². The second-order valence-corrected chi connectivity index (χ2v) is 3.98. The molecule has 20 heavy (non-hydrogen) atoms. The van der Waals surface area contributed by atoms with Gasteiger partial charge in [0.25, 0.3) is 5.91 Å². The highest BCUT2D eigenvalue weighted by molar-refractivity contribution is 5.93. The number of carbonyl (C=O) groups is 1. The van der Waals surface area contributed by atoms with Crippen LogP contribution in [0.15, 0.2) is 36.2 Å². The molecule has 0 saturated carbocycles. The zero-order chi connectivity index (χ0) is 15.5. The van der Waals surface area contributed by atoms with E-state index >= 15 is 0 Å². The van der Waals surface area contributed by atoms with E-state index in [-0.39, 0.29) is 19.1 Å². The highest BCUT2D eigenvalue weighted by Gasteiger charge is 2.07. The average Bonchev–Trinajstić information content (AvgIpc) is 2.50. The number of hydrogen-bond donors (Lipinski definition) is 1. The molecule has 0 unspecified atom stereocenters. The molecule has 1 aromatic rings. The molecule has 2 N–H and O–H groups in total. The number of rotatable bonds is 5. The van der Waals surface area contributed by atoms with Crippen molar-refractivity contribution in [2.45, 2.75) is 13.8 Å². The summed E-state index contributed by atoms with van der Waals surface area (Å²) in [4.78, 5) is 13.1. The van der Waals surface area contributed by atoms with Gasteiger partial charge in [0.1, 0.15) is 12.4 Å². The van der Waals surface area contributed by atoms with Crippen LogP contribution in [0, 0.1) is 0 Å². The van der Waals surface area contributed by atoms with E-state index in [9.17, 15) is 9.18 Å². The number of hydrogen-bond acceptors (Lipinski definition) is 3. The summed E-state index contributed by atoms with van der Waals surface area (Å²) in [6, 6.07) is 6.67. The Bertz CT molecular complexity index is 428. The lowest BCUT2D eigenvalue weighted by atomic mass is 10.2. The first kappa shape index (κ1) is 18.1. The van der Waals surface area contributed by atoms with E-state index in [1.807, 2.05) is 13.8 Å². The summed E-state index contributed by atoms with van der Waals surface area (Å²) in [5, 5.41) is 0. The van der Waals surface area contributed by atoms with Gasteiger partial charge in [-0.25, -0.2) is 4.39 Å². The molecule has 0 spiro atoms. The summed E-state index contributed by atoms with van der Waals surface area (Å²) in [5.74, 6) is 0.492. The number of ether oxygens (including phenoxy) is 1. The summed E-state index contributed by atoms with van der Waals surface area (Å²) in [6.45, 7) is 4.22. The Balaban J connectivity index is 0.00000172. The zero-order valence-electron chi connectivity index (χ0n) is 12.5. The number of carbonyl (C=O) groups excluding carboxylic acids is 1. The van der Waals surface area contributed by atoms with Gasteiger partial charge in [0.2, 0.25) is 0 Å². The lowest BCUT2D eigenvalue weighted by molar-refractivity contribution is 0.0827. The number of nitrogens with two attached hydrogens (primary N) is 1. The van der Waals surface area contributed by atoms with Crippen molar-refractivity contribution in [3.63, 3.8) is 0 Å². The first-order chi connectivity index (χ1) is 9.58. The Hall–Kier alpha value is -1.88. The van der Waals surface area contributed by atoms with Gasteiger partial charge in [-0.05, 0) is 24.3 Å². The fourth-order valence-corrected chi connectivity index (χ4v) is 1.26. The van der Waals surface area contributed by atoms with E-state index in [2.05, 4.69) is 0 Å². The fraction of sp³-hybridized carbons (Fsp3) is 0.400. The Kier molecular flexibility index (Phi) is 9.04. The van der Waals surface area contributed by atoms with Crippen molar-refractivity contribution in [2.75, 3.05) is 27.2 Å². The molecule has 4 nitrogen and oxygen atoms in total. The Labute approximate surface area is 120 Å². The molecule has 0 bridgehead atoms. The molecular formula is C15H23FN2O2. The number of halogens is 1. The molecule has 0 aliphatic heterocycles. The lowest BCUT2D eigenvalue weighted by Crippen LogP contribution is -2.21. The molecule has 1 aromatic carbocycles. The van der Waals surface area contributed by atoms with Gasteiger partial charge in [-0.1, -0.05) is 13.8 Å². The molecule has 112 valence electrons. The molecule has 0 fully saturated rings. The van der Waals surface area contributed by atoms with Crippen LogP contribution in [0.25, 0.3) is 0 Å². The normalized spacial score (nSPS) is 10.4. The molecule has 0 aliphatic carbocycles. The Morgan fingerprint density at radius 1 is 1.30 bits per heavy atom. The van der Waals surface area contributed by atoms with E-state index in [0.29, 0.717) is 23.2 Å². The third kappa shape index (κ3) is 5.84. The quantitative estimate of drug-likeness (QED) is 0.903. The van der Waals surface area contributed by atoms with Gasteiger partial charge in [-0.3, -0.25) is 4.79 Å². The maximum absolute atomic E-state index is 12.2. The Morgan fingerprint density at radius 3 is 2.25 bits per heavy atom. The first-order valence-corrected chi connectivity index (χ1v) is 6.51. The predicted octanol–water partition coefficient (Wildman–Crippen LogP) is 2.61. The van der Waals surface area contributed by atoms with Gasteiger partial charge in [-0.15, -0.1) is 0 Å². The van der Waals surface area contributed by atoms with Crippen LogP contribution < -0.4 is 10.5 Å². The Morgan fingerprint density at radius 2 is 1.85 bits per heavy atom. The first-order valence-electron chi connectivity index (χ1n) is 6.51. The highest BCUT2D eigenvalue weighted by Crippen LogP contribution is 2.14. The smallest absolute Gasteiger partial charge is 0.253 e. The van der Waals surface area contributed by atoms with Crippen LogP contribution in [-0.2, 0) is 0 Å². The second kappa shape index (κ2) is 9.97. The molecule has 5 heteroatoms. The molecule has 0 aliphatic rings. The number of nitrogens with zero attached hydrogens (tertiary/aromatic N) is 1. The fourth-order valence-electron chi connectivity index (χ4n) is 1.26. The topological polar surface area (TPSA) is 55.6 Å². The van der Waals surface area contributed by atoms with E-state index < -0.39 is 0 Å². The zero-order valence-corrected chi connectivity index (χ0v) is 12.5. The molecule has 0 atom stereocenters. The van der Waals surface area contributed by atoms with Crippen LogP contribution >= 0.6 is 0 Å². The largest absolute Gasteiger partial charge is 0.489 e. The van der Waals surface area contributed by atoms with Crippen molar-refractivity contribution < 1.29 is 13.9 Å². The van der Waals surface area contributed by atoms with Crippen LogP contribution in [0.5, 0.6) is 5.75 Å². The predicted molar refractivity (Wildman–Crippen MR) is 79.5 cm³/mol. The molecule has 0 radical (unpaired) electrons. The van der Waals surface area contributed by atoms with Crippen molar-refractivity contribution in [1.82, 2.24) is 4.90 Å². The molecular weight excluding hydrogens is 259 g/mol. The third-order valence-corrected chi connectivity index (χ3v) is 2.35. The van der Waals surface area contributed by atoms with Crippen molar-refractivity contribution in [3.05, 3.63) is 41.7 Å². The number of benzene rings is 1. The molecule has 0 aromatic heterocycles. The minimum Gasteiger partial charge on any atom is -0.489 e. The van der Waals surface area contributed by atoms with Crippen LogP contribution in [0.4, 0.5) is 4.39 Å². The maximum atomic E-state index is 12.2. The van der Waals surface area contributed by atoms with E-state index in [1.165, 1.54) is 4.90 Å². The monoisotopic (exact) mass is 282 g/mol. The van der Waals surface area contributed by atoms with Gasteiger partial charge in [0, 0.05) is 31.8 Å². The molecule has 0 heterocycles. The summed E-state index contributed by atoms with van der Waals surface area (Å²) in [7, 11) is 3.37. The number of amides is 1. The van der Waals surface area contributed by atoms with Gasteiger partial charge in [0.15, 0.2) is 0 Å². The lowest BCUT2D eigenvalue weighted by Gasteiger charge is -2.11.